The maximum atomic E-state index is 10.6. The van der Waals surface area contributed by atoms with Crippen LogP contribution in [0.15, 0.2) is 12.1 Å². The number of hydrogen-bond acceptors (Lipinski definition) is 6. The number of hydrogen-bond donors (Lipinski definition) is 1. The van der Waals surface area contributed by atoms with Crippen LogP contribution in [0.4, 0.5) is 11.5 Å². The number of anilines is 1. The van der Waals surface area contributed by atoms with Crippen molar-refractivity contribution >= 4 is 23.3 Å². The maximum absolute atomic E-state index is 10.6. The van der Waals surface area contributed by atoms with Crippen molar-refractivity contribution in [3.63, 3.8) is 0 Å². The molecule has 18 heavy (non-hydrogen) atoms. The fraction of sp³-hybridized carbons (Fsp3) is 0.455. The van der Waals surface area contributed by atoms with Crippen LogP contribution in [0.1, 0.15) is 19.0 Å². The van der Waals surface area contributed by atoms with Gasteiger partial charge in [-0.1, -0.05) is 0 Å². The highest BCUT2D eigenvalue weighted by Crippen LogP contribution is 2.18. The summed E-state index contributed by atoms with van der Waals surface area (Å²) in [6.07, 6.45) is 2.99. The Labute approximate surface area is 110 Å². The van der Waals surface area contributed by atoms with Crippen LogP contribution in [0.5, 0.6) is 0 Å². The number of nitriles is 1. The zero-order valence-electron chi connectivity index (χ0n) is 10.2. The molecule has 0 aromatic carbocycles. The van der Waals surface area contributed by atoms with Crippen LogP contribution in [-0.4, -0.2) is 28.0 Å². The van der Waals surface area contributed by atoms with E-state index in [1.165, 1.54) is 12.1 Å². The number of nitrogens with zero attached hydrogens (tertiary/aromatic N) is 3. The summed E-state index contributed by atoms with van der Waals surface area (Å²) in [5.74, 6) is 1.51. The van der Waals surface area contributed by atoms with Crippen LogP contribution in [0, 0.1) is 21.4 Å². The normalized spacial score (nSPS) is 11.6. The van der Waals surface area contributed by atoms with Crippen molar-refractivity contribution < 1.29 is 4.92 Å². The molecule has 6 nitrogen and oxygen atoms in total. The van der Waals surface area contributed by atoms with E-state index in [0.29, 0.717) is 5.82 Å². The van der Waals surface area contributed by atoms with Gasteiger partial charge in [0.2, 0.25) is 5.69 Å². The van der Waals surface area contributed by atoms with Gasteiger partial charge in [-0.15, -0.1) is 0 Å². The van der Waals surface area contributed by atoms with Gasteiger partial charge in [0.1, 0.15) is 11.9 Å². The Kier molecular flexibility index (Phi) is 5.39. The molecule has 0 aliphatic heterocycles. The number of pyridine rings is 1. The van der Waals surface area contributed by atoms with Crippen LogP contribution >= 0.6 is 11.8 Å². The molecule has 0 aliphatic carbocycles. The maximum Gasteiger partial charge on any atom is 0.305 e. The van der Waals surface area contributed by atoms with Crippen LogP contribution in [-0.2, 0) is 0 Å². The first-order chi connectivity index (χ1) is 8.58. The zero-order valence-corrected chi connectivity index (χ0v) is 11.0. The van der Waals surface area contributed by atoms with Crippen molar-refractivity contribution in [2.75, 3.05) is 17.3 Å². The van der Waals surface area contributed by atoms with E-state index < -0.39 is 4.92 Å². The molecule has 7 heteroatoms. The number of aromatic nitrogens is 1. The molecule has 0 bridgehead atoms. The van der Waals surface area contributed by atoms with Gasteiger partial charge in [-0.3, -0.25) is 10.1 Å². The van der Waals surface area contributed by atoms with E-state index in [1.807, 2.05) is 13.2 Å². The molecule has 1 rings (SSSR count). The van der Waals surface area contributed by atoms with Crippen molar-refractivity contribution in [1.29, 1.82) is 5.26 Å². The molecule has 1 N–H and O–H groups in total. The van der Waals surface area contributed by atoms with Crippen LogP contribution in [0.2, 0.25) is 0 Å². The van der Waals surface area contributed by atoms with Crippen molar-refractivity contribution in [2.45, 2.75) is 19.4 Å². The largest absolute Gasteiger partial charge is 0.368 e. The number of rotatable bonds is 6. The van der Waals surface area contributed by atoms with Crippen LogP contribution in [0.25, 0.3) is 0 Å². The third-order valence-electron chi connectivity index (χ3n) is 2.33. The monoisotopic (exact) mass is 266 g/mol. The lowest BCUT2D eigenvalue weighted by atomic mass is 10.2. The first kappa shape index (κ1) is 14.3. The molecule has 1 aromatic heterocycles. The van der Waals surface area contributed by atoms with Crippen molar-refractivity contribution in [3.05, 3.63) is 27.9 Å². The molecule has 0 amide bonds. The second kappa shape index (κ2) is 6.81. The summed E-state index contributed by atoms with van der Waals surface area (Å²) in [6.45, 7) is 2.01. The van der Waals surface area contributed by atoms with Crippen LogP contribution < -0.4 is 5.32 Å². The first-order valence-electron chi connectivity index (χ1n) is 5.39. The Balaban J connectivity index is 2.80. The molecule has 0 fully saturated rings. The molecule has 1 heterocycles. The molecular formula is C11H14N4O2S. The highest BCUT2D eigenvalue weighted by Gasteiger charge is 2.15. The van der Waals surface area contributed by atoms with Crippen molar-refractivity contribution in [2.24, 2.45) is 0 Å². The zero-order chi connectivity index (χ0) is 13.5. The summed E-state index contributed by atoms with van der Waals surface area (Å²) in [7, 11) is 0. The highest BCUT2D eigenvalue weighted by atomic mass is 32.2. The molecule has 0 saturated heterocycles. The third-order valence-corrected chi connectivity index (χ3v) is 2.97. The average Bonchev–Trinajstić information content (AvgIpc) is 2.35. The minimum Gasteiger partial charge on any atom is -0.368 e. The van der Waals surface area contributed by atoms with E-state index in [4.69, 9.17) is 5.26 Å². The Morgan fingerprint density at radius 2 is 2.39 bits per heavy atom. The molecule has 0 radical (unpaired) electrons. The summed E-state index contributed by atoms with van der Waals surface area (Å²) in [5.41, 5.74) is -0.429. The van der Waals surface area contributed by atoms with Gasteiger partial charge in [0.25, 0.3) is 0 Å². The Morgan fingerprint density at radius 3 is 2.94 bits per heavy atom. The van der Waals surface area contributed by atoms with Crippen molar-refractivity contribution in [1.82, 2.24) is 4.98 Å². The summed E-state index contributed by atoms with van der Waals surface area (Å²) in [5, 5.41) is 22.6. The fourth-order valence-corrected chi connectivity index (χ4v) is 1.97. The van der Waals surface area contributed by atoms with E-state index in [1.54, 1.807) is 17.8 Å². The summed E-state index contributed by atoms with van der Waals surface area (Å²) in [4.78, 5) is 14.0. The van der Waals surface area contributed by atoms with Gasteiger partial charge in [0, 0.05) is 12.1 Å². The predicted molar refractivity (Wildman–Crippen MR) is 71.7 cm³/mol. The summed E-state index contributed by atoms with van der Waals surface area (Å²) < 4.78 is 0. The second-order valence-corrected chi connectivity index (χ2v) is 4.75. The SMILES string of the molecule is CSCCC(C)Nc1ccc([N+](=O)[O-])c(C#N)n1. The van der Waals surface area contributed by atoms with Gasteiger partial charge in [0.05, 0.1) is 4.92 Å². The van der Waals surface area contributed by atoms with Gasteiger partial charge in [-0.25, -0.2) is 4.98 Å². The molecule has 1 atom stereocenters. The molecule has 96 valence electrons. The molecule has 1 unspecified atom stereocenters. The minimum absolute atomic E-state index is 0.165. The smallest absolute Gasteiger partial charge is 0.305 e. The van der Waals surface area contributed by atoms with Crippen molar-refractivity contribution in [3.8, 4) is 6.07 Å². The molecule has 1 aromatic rings. The number of thioether (sulfide) groups is 1. The van der Waals surface area contributed by atoms with E-state index in [2.05, 4.69) is 10.3 Å². The molecule has 0 spiro atoms. The van der Waals surface area contributed by atoms with E-state index >= 15 is 0 Å². The lowest BCUT2D eigenvalue weighted by Gasteiger charge is -2.13. The summed E-state index contributed by atoms with van der Waals surface area (Å²) >= 11 is 1.75. The second-order valence-electron chi connectivity index (χ2n) is 3.76. The minimum atomic E-state index is -0.605. The number of nitro groups is 1. The fourth-order valence-electron chi connectivity index (χ4n) is 1.38. The Bertz CT molecular complexity index is 473. The lowest BCUT2D eigenvalue weighted by Crippen LogP contribution is -2.17. The van der Waals surface area contributed by atoms with Gasteiger partial charge in [-0.05, 0) is 31.4 Å². The van der Waals surface area contributed by atoms with Gasteiger partial charge in [-0.2, -0.15) is 17.0 Å². The predicted octanol–water partition coefficient (Wildman–Crippen LogP) is 2.41. The van der Waals surface area contributed by atoms with E-state index in [9.17, 15) is 10.1 Å². The highest BCUT2D eigenvalue weighted by molar-refractivity contribution is 7.98. The molecule has 0 saturated carbocycles. The van der Waals surface area contributed by atoms with E-state index in [0.717, 1.165) is 12.2 Å². The average molecular weight is 266 g/mol. The Hall–Kier alpha value is -1.81. The standard InChI is InChI=1S/C11H14N4O2S/c1-8(5-6-18-2)13-11-4-3-10(15(16)17)9(7-12)14-11/h3-4,8H,5-6H2,1-2H3,(H,13,14). The van der Waals surface area contributed by atoms with Gasteiger partial charge >= 0.3 is 5.69 Å². The van der Waals surface area contributed by atoms with E-state index in [-0.39, 0.29) is 17.4 Å². The Morgan fingerprint density at radius 1 is 1.67 bits per heavy atom. The quantitative estimate of drug-likeness (QED) is 0.628. The summed E-state index contributed by atoms with van der Waals surface area (Å²) in [6, 6.07) is 4.77. The molecular weight excluding hydrogens is 252 g/mol. The van der Waals surface area contributed by atoms with Crippen LogP contribution in [0.3, 0.4) is 0 Å². The molecule has 0 aliphatic rings. The van der Waals surface area contributed by atoms with Gasteiger partial charge < -0.3 is 5.32 Å². The van der Waals surface area contributed by atoms with Gasteiger partial charge in [0.15, 0.2) is 0 Å². The first-order valence-corrected chi connectivity index (χ1v) is 6.79. The lowest BCUT2D eigenvalue weighted by molar-refractivity contribution is -0.385. The third kappa shape index (κ3) is 3.89. The number of nitrogens with one attached hydrogen (secondary N) is 1. The topological polar surface area (TPSA) is 91.9 Å².